The third-order valence-corrected chi connectivity index (χ3v) is 6.33. The molecule has 0 fully saturated rings. The van der Waals surface area contributed by atoms with Gasteiger partial charge in [0, 0.05) is 43.8 Å². The molecule has 4 N–H and O–H groups in total. The van der Waals surface area contributed by atoms with Crippen LogP contribution in [0, 0.1) is 0 Å². The first kappa shape index (κ1) is 20.4. The highest BCUT2D eigenvalue weighted by Crippen LogP contribution is 2.18. The zero-order valence-electron chi connectivity index (χ0n) is 14.8. The molecule has 1 rings (SSSR count). The highest BCUT2D eigenvalue weighted by atomic mass is 28.4. The molecule has 0 unspecified atom stereocenters. The maximum atomic E-state index is 11.9. The minimum Gasteiger partial charge on any atom is -0.399 e. The Morgan fingerprint density at radius 2 is 1.75 bits per heavy atom. The van der Waals surface area contributed by atoms with Crippen molar-refractivity contribution in [2.45, 2.75) is 33.2 Å². The Hall–Kier alpha value is -1.61. The van der Waals surface area contributed by atoms with Crippen LogP contribution in [0.15, 0.2) is 24.3 Å². The van der Waals surface area contributed by atoms with E-state index in [1.165, 1.54) is 0 Å². The van der Waals surface area contributed by atoms with Gasteiger partial charge >= 0.3 is 14.8 Å². The number of amides is 2. The summed E-state index contributed by atoms with van der Waals surface area (Å²) in [6.45, 7) is 7.95. The molecular weight excluding hydrogens is 326 g/mol. The number of rotatable bonds is 11. The molecule has 0 spiro atoms. The van der Waals surface area contributed by atoms with Crippen LogP contribution in [-0.2, 0) is 13.3 Å². The van der Waals surface area contributed by atoms with E-state index < -0.39 is 8.80 Å². The minimum atomic E-state index is -2.64. The molecule has 7 nitrogen and oxygen atoms in total. The molecule has 24 heavy (non-hydrogen) atoms. The molecule has 0 saturated carbocycles. The van der Waals surface area contributed by atoms with Crippen molar-refractivity contribution in [2.24, 2.45) is 0 Å². The number of nitrogen functional groups attached to an aromatic ring is 1. The fourth-order valence-electron chi connectivity index (χ4n) is 2.30. The van der Waals surface area contributed by atoms with Crippen LogP contribution >= 0.6 is 0 Å². The van der Waals surface area contributed by atoms with Crippen molar-refractivity contribution in [3.05, 3.63) is 24.3 Å². The predicted octanol–water partition coefficient (Wildman–Crippen LogP) is 2.83. The topological polar surface area (TPSA) is 94.8 Å². The number of benzene rings is 1. The zero-order valence-corrected chi connectivity index (χ0v) is 15.8. The predicted molar refractivity (Wildman–Crippen MR) is 97.9 cm³/mol. The van der Waals surface area contributed by atoms with E-state index in [0.29, 0.717) is 43.8 Å². The summed E-state index contributed by atoms with van der Waals surface area (Å²) in [5.74, 6) is 0. The second-order valence-corrected chi connectivity index (χ2v) is 7.82. The molecule has 8 heteroatoms. The van der Waals surface area contributed by atoms with Gasteiger partial charge in [0.2, 0.25) is 0 Å². The first-order valence-electron chi connectivity index (χ1n) is 8.37. The van der Waals surface area contributed by atoms with Crippen molar-refractivity contribution in [3.8, 4) is 0 Å². The van der Waals surface area contributed by atoms with Crippen LogP contribution in [-0.4, -0.2) is 41.2 Å². The van der Waals surface area contributed by atoms with Gasteiger partial charge in [0.25, 0.3) is 0 Å². The highest BCUT2D eigenvalue weighted by molar-refractivity contribution is 6.60. The van der Waals surface area contributed by atoms with Gasteiger partial charge in [-0.25, -0.2) is 4.79 Å². The molecule has 1 aromatic rings. The zero-order chi connectivity index (χ0) is 17.8. The van der Waals surface area contributed by atoms with Crippen LogP contribution in [0.1, 0.15) is 27.2 Å². The number of hydrogen-bond acceptors (Lipinski definition) is 5. The number of urea groups is 1. The summed E-state index contributed by atoms with van der Waals surface area (Å²) < 4.78 is 17.3. The number of nitrogens with two attached hydrogens (primary N) is 1. The van der Waals surface area contributed by atoms with Crippen molar-refractivity contribution in [2.75, 3.05) is 37.4 Å². The third-order valence-electron chi connectivity index (χ3n) is 3.18. The lowest BCUT2D eigenvalue weighted by molar-refractivity contribution is 0.0708. The average molecular weight is 356 g/mol. The van der Waals surface area contributed by atoms with E-state index in [4.69, 9.17) is 19.0 Å². The number of anilines is 2. The van der Waals surface area contributed by atoms with Crippen LogP contribution in [0.5, 0.6) is 0 Å². The van der Waals surface area contributed by atoms with Crippen LogP contribution < -0.4 is 16.4 Å². The van der Waals surface area contributed by atoms with Crippen molar-refractivity contribution < 1.29 is 18.1 Å². The second kappa shape index (κ2) is 11.0. The molecule has 0 aliphatic carbocycles. The smallest absolute Gasteiger partial charge is 0.399 e. The quantitative estimate of drug-likeness (QED) is 0.322. The second-order valence-electron chi connectivity index (χ2n) is 5.09. The van der Waals surface area contributed by atoms with Crippen LogP contribution in [0.25, 0.3) is 0 Å². The Morgan fingerprint density at radius 3 is 2.29 bits per heavy atom. The molecule has 0 aliphatic rings. The van der Waals surface area contributed by atoms with Gasteiger partial charge in [0.05, 0.1) is 0 Å². The number of carbonyl (C=O) groups excluding carboxylic acids is 1. The van der Waals surface area contributed by atoms with Gasteiger partial charge < -0.3 is 29.6 Å². The van der Waals surface area contributed by atoms with Gasteiger partial charge in [0.1, 0.15) is 0 Å². The minimum absolute atomic E-state index is 0.267. The Kier molecular flexibility index (Phi) is 9.39. The number of hydrogen-bond donors (Lipinski definition) is 3. The lowest BCUT2D eigenvalue weighted by atomic mass is 10.3. The molecular formula is C16H29N3O4Si. The highest BCUT2D eigenvalue weighted by Gasteiger charge is 2.39. The fraction of sp³-hybridized carbons (Fsp3) is 0.562. The van der Waals surface area contributed by atoms with Gasteiger partial charge in [-0.1, -0.05) is 6.07 Å². The Balaban J connectivity index is 2.40. The summed E-state index contributed by atoms with van der Waals surface area (Å²) in [6.07, 6.45) is 0.719. The molecule has 136 valence electrons. The molecule has 0 heterocycles. The lowest BCUT2D eigenvalue weighted by Gasteiger charge is -2.28. The summed E-state index contributed by atoms with van der Waals surface area (Å²) in [5.41, 5.74) is 6.95. The summed E-state index contributed by atoms with van der Waals surface area (Å²) in [5, 5.41) is 5.56. The van der Waals surface area contributed by atoms with E-state index >= 15 is 0 Å². The largest absolute Gasteiger partial charge is 0.500 e. The van der Waals surface area contributed by atoms with E-state index in [-0.39, 0.29) is 6.03 Å². The molecule has 0 radical (unpaired) electrons. The number of carbonyl (C=O) groups is 1. The summed E-state index contributed by atoms with van der Waals surface area (Å²) in [4.78, 5) is 11.9. The maximum absolute atomic E-state index is 11.9. The lowest BCUT2D eigenvalue weighted by Crippen LogP contribution is -2.46. The first-order valence-corrected chi connectivity index (χ1v) is 10.3. The Morgan fingerprint density at radius 1 is 1.12 bits per heavy atom. The maximum Gasteiger partial charge on any atom is 0.500 e. The van der Waals surface area contributed by atoms with Gasteiger partial charge in [-0.2, -0.15) is 0 Å². The van der Waals surface area contributed by atoms with E-state index in [9.17, 15) is 4.79 Å². The van der Waals surface area contributed by atoms with E-state index in [1.54, 1.807) is 24.3 Å². The van der Waals surface area contributed by atoms with E-state index in [2.05, 4.69) is 10.6 Å². The van der Waals surface area contributed by atoms with Crippen molar-refractivity contribution in [1.82, 2.24) is 5.32 Å². The average Bonchev–Trinajstić information content (AvgIpc) is 2.52. The van der Waals surface area contributed by atoms with Gasteiger partial charge in [-0.15, -0.1) is 0 Å². The Bertz CT molecular complexity index is 485. The first-order chi connectivity index (χ1) is 11.5. The molecule has 0 bridgehead atoms. The monoisotopic (exact) mass is 355 g/mol. The van der Waals surface area contributed by atoms with Crippen molar-refractivity contribution in [3.63, 3.8) is 0 Å². The summed E-state index contributed by atoms with van der Waals surface area (Å²) >= 11 is 0. The Labute approximate surface area is 145 Å². The third kappa shape index (κ3) is 7.31. The molecule has 0 aliphatic heterocycles. The summed E-state index contributed by atoms with van der Waals surface area (Å²) in [7, 11) is -2.64. The van der Waals surface area contributed by atoms with Crippen LogP contribution in [0.3, 0.4) is 0 Å². The van der Waals surface area contributed by atoms with Crippen LogP contribution in [0.4, 0.5) is 16.2 Å². The molecule has 2 amide bonds. The molecule has 0 atom stereocenters. The van der Waals surface area contributed by atoms with Gasteiger partial charge in [-0.05, 0) is 45.4 Å². The molecule has 0 saturated heterocycles. The molecule has 0 aromatic heterocycles. The van der Waals surface area contributed by atoms with E-state index in [1.807, 2.05) is 20.8 Å². The van der Waals surface area contributed by atoms with E-state index in [0.717, 1.165) is 6.42 Å². The normalized spacial score (nSPS) is 11.3. The van der Waals surface area contributed by atoms with Gasteiger partial charge in [0.15, 0.2) is 0 Å². The fourth-order valence-corrected chi connectivity index (χ4v) is 4.91. The van der Waals surface area contributed by atoms with Crippen molar-refractivity contribution in [1.29, 1.82) is 0 Å². The SMILES string of the molecule is CCO[Si](CCCNC(=O)Nc1cccc(N)c1)(OCC)OCC. The van der Waals surface area contributed by atoms with Crippen LogP contribution in [0.2, 0.25) is 6.04 Å². The number of nitrogens with one attached hydrogen (secondary N) is 2. The summed E-state index contributed by atoms with van der Waals surface area (Å²) in [6, 6.07) is 7.45. The standard InChI is InChI=1S/C16H29N3O4Si/c1-4-21-24(22-5-2,23-6-3)12-8-11-18-16(20)19-15-10-7-9-14(17)13-15/h7,9-10,13H,4-6,8,11-12,17H2,1-3H3,(H2,18,19,20). The van der Waals surface area contributed by atoms with Gasteiger partial charge in [-0.3, -0.25) is 0 Å². The molecule has 1 aromatic carbocycles. The van der Waals surface area contributed by atoms with Crippen molar-refractivity contribution >= 4 is 26.2 Å².